The molecular weight excluding hydrogens is 798 g/mol. The first kappa shape index (κ1) is 39.1. The number of hydrogen-bond acceptors (Lipinski definition) is 4. The van der Waals surface area contributed by atoms with E-state index >= 15 is 0 Å². The van der Waals surface area contributed by atoms with Crippen molar-refractivity contribution in [1.82, 2.24) is 15.0 Å². The third-order valence-electron chi connectivity index (χ3n) is 15.1. The molecule has 9 aromatic rings. The summed E-state index contributed by atoms with van der Waals surface area (Å²) < 4.78 is 13.9. The molecule has 4 aliphatic rings. The molecule has 4 nitrogen and oxygen atoms in total. The van der Waals surface area contributed by atoms with E-state index < -0.39 is 7.14 Å². The zero-order valence-electron chi connectivity index (χ0n) is 36.4. The van der Waals surface area contributed by atoms with Gasteiger partial charge in [-0.3, -0.25) is 0 Å². The molecule has 4 saturated carbocycles. The lowest BCUT2D eigenvalue weighted by atomic mass is 9.42. The third-order valence-corrected chi connectivity index (χ3v) is 16.6. The van der Waals surface area contributed by atoms with E-state index in [1.807, 2.05) is 31.5 Å². The van der Waals surface area contributed by atoms with Crippen LogP contribution in [0.25, 0.3) is 78.0 Å². The lowest BCUT2D eigenvalue weighted by molar-refractivity contribution is -0.0418. The van der Waals surface area contributed by atoms with Crippen molar-refractivity contribution in [1.29, 1.82) is 0 Å². The second kappa shape index (κ2) is 15.4. The topological polar surface area (TPSA) is 55.7 Å². The van der Waals surface area contributed by atoms with E-state index in [1.165, 1.54) is 54.4 Å². The zero-order valence-corrected chi connectivity index (χ0v) is 37.3. The van der Waals surface area contributed by atoms with Gasteiger partial charge in [0.25, 0.3) is 0 Å². The van der Waals surface area contributed by atoms with Crippen LogP contribution in [0.15, 0.2) is 182 Å². The van der Waals surface area contributed by atoms with Crippen molar-refractivity contribution in [2.75, 3.05) is 13.3 Å². The Kier molecular flexibility index (Phi) is 9.39. The second-order valence-corrected chi connectivity index (χ2v) is 22.2. The van der Waals surface area contributed by atoms with Crippen molar-refractivity contribution >= 4 is 34.0 Å². The molecular formula is C59H50N3OP. The normalized spacial score (nSPS) is 21.4. The second-order valence-electron chi connectivity index (χ2n) is 19.1. The molecule has 5 heteroatoms. The van der Waals surface area contributed by atoms with Gasteiger partial charge in [0, 0.05) is 27.4 Å². The van der Waals surface area contributed by atoms with Gasteiger partial charge < -0.3 is 4.57 Å². The van der Waals surface area contributed by atoms with Gasteiger partial charge in [-0.05, 0) is 124 Å². The first-order chi connectivity index (χ1) is 31.3. The quantitative estimate of drug-likeness (QED) is 0.113. The summed E-state index contributed by atoms with van der Waals surface area (Å²) in [5, 5.41) is 5.49. The fourth-order valence-electron chi connectivity index (χ4n) is 12.7. The van der Waals surface area contributed by atoms with Crippen LogP contribution < -0.4 is 5.30 Å². The van der Waals surface area contributed by atoms with Crippen molar-refractivity contribution < 1.29 is 4.57 Å². The summed E-state index contributed by atoms with van der Waals surface area (Å²) in [5.74, 6) is 4.85. The van der Waals surface area contributed by atoms with Crippen LogP contribution in [0.4, 0.5) is 0 Å². The average Bonchev–Trinajstić information content (AvgIpc) is 3.33. The molecule has 1 heterocycles. The summed E-state index contributed by atoms with van der Waals surface area (Å²) in [7, 11) is -2.58. The predicted molar refractivity (Wildman–Crippen MR) is 265 cm³/mol. The van der Waals surface area contributed by atoms with E-state index in [9.17, 15) is 4.57 Å². The first-order valence-electron chi connectivity index (χ1n) is 23.0. The number of benzene rings is 8. The van der Waals surface area contributed by atoms with Crippen molar-refractivity contribution in [3.8, 4) is 56.4 Å². The molecule has 4 bridgehead atoms. The molecule has 8 aromatic carbocycles. The minimum absolute atomic E-state index is 0.0797. The van der Waals surface area contributed by atoms with Gasteiger partial charge >= 0.3 is 0 Å². The molecule has 1 aromatic heterocycles. The van der Waals surface area contributed by atoms with Gasteiger partial charge in [-0.1, -0.05) is 182 Å². The zero-order chi connectivity index (χ0) is 43.0. The van der Waals surface area contributed by atoms with E-state index in [4.69, 9.17) is 15.0 Å². The molecule has 0 spiro atoms. The Morgan fingerprint density at radius 1 is 0.406 bits per heavy atom. The summed E-state index contributed by atoms with van der Waals surface area (Å²) in [6.45, 7) is 3.81. The van der Waals surface area contributed by atoms with Gasteiger partial charge in [0.05, 0.1) is 0 Å². The number of rotatable bonds is 8. The van der Waals surface area contributed by atoms with E-state index in [2.05, 4.69) is 164 Å². The smallest absolute Gasteiger partial charge is 0.164 e. The Morgan fingerprint density at radius 3 is 1.33 bits per heavy atom. The van der Waals surface area contributed by atoms with Crippen LogP contribution in [0.3, 0.4) is 0 Å². The van der Waals surface area contributed by atoms with Crippen LogP contribution in [0, 0.1) is 23.7 Å². The lowest BCUT2D eigenvalue weighted by Crippen LogP contribution is -2.56. The Hall–Kier alpha value is -6.48. The fourth-order valence-corrected chi connectivity index (χ4v) is 14.3. The maximum atomic E-state index is 13.9. The fraction of sp³-hybridized carbons (Fsp3) is 0.203. The molecule has 64 heavy (non-hydrogen) atoms. The highest BCUT2D eigenvalue weighted by atomic mass is 31.2. The van der Waals surface area contributed by atoms with Crippen molar-refractivity contribution in [3.05, 3.63) is 193 Å². The largest absolute Gasteiger partial charge is 0.319 e. The van der Waals surface area contributed by atoms with Crippen molar-refractivity contribution in [2.45, 2.75) is 37.5 Å². The summed E-state index contributed by atoms with van der Waals surface area (Å²) >= 11 is 0. The maximum Gasteiger partial charge on any atom is 0.164 e. The van der Waals surface area contributed by atoms with Crippen molar-refractivity contribution in [3.63, 3.8) is 0 Å². The molecule has 312 valence electrons. The predicted octanol–water partition coefficient (Wildman–Crippen LogP) is 14.5. The highest BCUT2D eigenvalue weighted by Crippen LogP contribution is 2.65. The SMILES string of the molecule is CP(C)(=O)c1c2ccccc2c(-c2ccc(C3(c4ccc(-c5nc(-c6ccccc6)nc(-c6ccccc6-c6ccccc6)n5)cc4)C4CC5CC(C4)CC3C5)cc2)c2ccccc12. The number of hydrogen-bond donors (Lipinski definition) is 0. The Balaban J connectivity index is 0.982. The van der Waals surface area contributed by atoms with E-state index in [0.717, 1.165) is 66.5 Å². The van der Waals surface area contributed by atoms with Crippen LogP contribution in [0.5, 0.6) is 0 Å². The lowest BCUT2D eigenvalue weighted by Gasteiger charge is -2.62. The van der Waals surface area contributed by atoms with Crippen LogP contribution in [-0.2, 0) is 9.98 Å². The van der Waals surface area contributed by atoms with Gasteiger partial charge in [0.15, 0.2) is 17.5 Å². The number of fused-ring (bicyclic) bond motifs is 2. The van der Waals surface area contributed by atoms with Crippen molar-refractivity contribution in [2.24, 2.45) is 23.7 Å². The summed E-state index contributed by atoms with van der Waals surface area (Å²) in [6, 6.07) is 65.3. The van der Waals surface area contributed by atoms with Crippen LogP contribution >= 0.6 is 7.14 Å². The molecule has 0 saturated heterocycles. The molecule has 0 amide bonds. The maximum absolute atomic E-state index is 13.9. The summed E-state index contributed by atoms with van der Waals surface area (Å²) in [4.78, 5) is 15.5. The molecule has 13 rings (SSSR count). The minimum Gasteiger partial charge on any atom is -0.319 e. The van der Waals surface area contributed by atoms with E-state index in [-0.39, 0.29) is 5.41 Å². The number of aromatic nitrogens is 3. The monoisotopic (exact) mass is 847 g/mol. The Bertz CT molecular complexity index is 3180. The van der Waals surface area contributed by atoms with Gasteiger partial charge in [0.2, 0.25) is 0 Å². The standard InChI is InChI=1S/C59H50N3OP/c1-64(2,63)55-51-22-12-10-20-49(51)54(50-21-11-13-23-52(50)55)41-25-29-44(30-26-41)59(46-34-38-33-39(36-46)37-47(59)35-38)45-31-27-43(28-32-45)57-60-56(42-17-7-4-8-18-42)61-58(62-57)53-24-14-9-19-48(53)40-15-5-3-6-16-40/h3-32,38-39,46-47H,33-37H2,1-2H3. The van der Waals surface area contributed by atoms with Crippen LogP contribution in [0.1, 0.15) is 43.2 Å². The van der Waals surface area contributed by atoms with E-state index in [1.54, 1.807) is 0 Å². The van der Waals surface area contributed by atoms with Gasteiger partial charge in [-0.15, -0.1) is 0 Å². The van der Waals surface area contributed by atoms with Crippen LogP contribution in [0.2, 0.25) is 0 Å². The van der Waals surface area contributed by atoms with Crippen LogP contribution in [-0.4, -0.2) is 28.3 Å². The van der Waals surface area contributed by atoms with E-state index in [0.29, 0.717) is 29.3 Å². The van der Waals surface area contributed by atoms with Gasteiger partial charge in [-0.2, -0.15) is 0 Å². The molecule has 0 N–H and O–H groups in total. The molecule has 4 fully saturated rings. The summed E-state index contributed by atoms with van der Waals surface area (Å²) in [5.41, 5.74) is 10.3. The molecule has 0 radical (unpaired) electrons. The third kappa shape index (κ3) is 6.40. The van der Waals surface area contributed by atoms with Gasteiger partial charge in [0.1, 0.15) is 7.14 Å². The Labute approximate surface area is 375 Å². The molecule has 0 atom stereocenters. The van der Waals surface area contributed by atoms with Gasteiger partial charge in [-0.25, -0.2) is 15.0 Å². The molecule has 4 aliphatic carbocycles. The highest BCUT2D eigenvalue weighted by molar-refractivity contribution is 7.71. The molecule has 0 unspecified atom stereocenters. The minimum atomic E-state index is -2.58. The first-order valence-corrected chi connectivity index (χ1v) is 25.6. The molecule has 0 aliphatic heterocycles. The highest BCUT2D eigenvalue weighted by Gasteiger charge is 2.58. The summed E-state index contributed by atoms with van der Waals surface area (Å²) in [6.07, 6.45) is 6.57. The average molecular weight is 848 g/mol. The number of nitrogens with zero attached hydrogens (tertiary/aromatic N) is 3. The Morgan fingerprint density at radius 2 is 0.812 bits per heavy atom.